The molecular formula is C12H16N2OS. The van der Waals surface area contributed by atoms with Crippen molar-refractivity contribution < 1.29 is 5.11 Å². The monoisotopic (exact) mass is 236 g/mol. The molecule has 1 aromatic heterocycles. The van der Waals surface area contributed by atoms with Crippen molar-refractivity contribution in [2.75, 3.05) is 6.54 Å². The van der Waals surface area contributed by atoms with E-state index >= 15 is 0 Å². The largest absolute Gasteiger partial charge is 0.392 e. The summed E-state index contributed by atoms with van der Waals surface area (Å²) in [6, 6.07) is 8.15. The highest BCUT2D eigenvalue weighted by Crippen LogP contribution is 2.22. The molecule has 0 saturated heterocycles. The number of para-hydroxylation sites is 1. The maximum Gasteiger partial charge on any atom is 0.0938 e. The Morgan fingerprint density at radius 3 is 2.94 bits per heavy atom. The fraction of sp³-hybridized carbons (Fsp3) is 0.417. The van der Waals surface area contributed by atoms with E-state index in [-0.39, 0.29) is 6.10 Å². The first-order valence-corrected chi connectivity index (χ1v) is 6.34. The molecule has 2 aromatic rings. The predicted octanol–water partition coefficient (Wildman–Crippen LogP) is 1.94. The van der Waals surface area contributed by atoms with Gasteiger partial charge in [-0.1, -0.05) is 12.1 Å². The smallest absolute Gasteiger partial charge is 0.0938 e. The van der Waals surface area contributed by atoms with E-state index in [9.17, 15) is 5.11 Å². The van der Waals surface area contributed by atoms with Gasteiger partial charge in [0.1, 0.15) is 0 Å². The average Bonchev–Trinajstić information content (AvgIpc) is 2.71. The topological polar surface area (TPSA) is 59.1 Å². The first kappa shape index (κ1) is 11.5. The number of benzene rings is 1. The number of thiazole rings is 1. The van der Waals surface area contributed by atoms with Gasteiger partial charge in [0.15, 0.2) is 0 Å². The molecule has 0 aliphatic rings. The summed E-state index contributed by atoms with van der Waals surface area (Å²) >= 11 is 1.73. The summed E-state index contributed by atoms with van der Waals surface area (Å²) < 4.78 is 1.23. The summed E-state index contributed by atoms with van der Waals surface area (Å²) in [4.78, 5) is 4.54. The van der Waals surface area contributed by atoms with E-state index in [4.69, 9.17) is 5.73 Å². The maximum atomic E-state index is 9.33. The highest BCUT2D eigenvalue weighted by Gasteiger charge is 2.05. The van der Waals surface area contributed by atoms with Crippen molar-refractivity contribution in [2.24, 2.45) is 5.73 Å². The van der Waals surface area contributed by atoms with Crippen LogP contribution in [0.4, 0.5) is 0 Å². The second kappa shape index (κ2) is 5.39. The van der Waals surface area contributed by atoms with Crippen LogP contribution in [-0.2, 0) is 6.42 Å². The number of hydrogen-bond acceptors (Lipinski definition) is 4. The molecule has 3 N–H and O–H groups in total. The molecule has 2 rings (SSSR count). The van der Waals surface area contributed by atoms with Crippen LogP contribution in [0, 0.1) is 0 Å². The lowest BCUT2D eigenvalue weighted by Crippen LogP contribution is -2.19. The van der Waals surface area contributed by atoms with Crippen LogP contribution < -0.4 is 5.73 Å². The standard InChI is InChI=1S/C12H16N2OS/c13-8-9(15)4-3-7-12-14-10-5-1-2-6-11(10)16-12/h1-2,5-6,9,15H,3-4,7-8,13H2. The zero-order chi connectivity index (χ0) is 11.4. The Hall–Kier alpha value is -0.970. The van der Waals surface area contributed by atoms with E-state index < -0.39 is 0 Å². The summed E-state index contributed by atoms with van der Waals surface area (Å²) in [5, 5.41) is 10.5. The van der Waals surface area contributed by atoms with Crippen LogP contribution in [0.5, 0.6) is 0 Å². The number of nitrogens with zero attached hydrogens (tertiary/aromatic N) is 1. The van der Waals surface area contributed by atoms with E-state index in [1.165, 1.54) is 4.70 Å². The van der Waals surface area contributed by atoms with Gasteiger partial charge < -0.3 is 10.8 Å². The third-order valence-corrected chi connectivity index (χ3v) is 3.63. The summed E-state index contributed by atoms with van der Waals surface area (Å²) in [6.45, 7) is 0.347. The third-order valence-electron chi connectivity index (χ3n) is 2.54. The highest BCUT2D eigenvalue weighted by atomic mass is 32.1. The molecule has 0 aliphatic carbocycles. The molecule has 0 bridgehead atoms. The van der Waals surface area contributed by atoms with Gasteiger partial charge >= 0.3 is 0 Å². The molecule has 16 heavy (non-hydrogen) atoms. The van der Waals surface area contributed by atoms with Crippen molar-refractivity contribution in [3.8, 4) is 0 Å². The van der Waals surface area contributed by atoms with E-state index in [1.807, 2.05) is 18.2 Å². The minimum absolute atomic E-state index is 0.347. The van der Waals surface area contributed by atoms with Crippen LogP contribution in [0.3, 0.4) is 0 Å². The minimum atomic E-state index is -0.366. The molecule has 3 nitrogen and oxygen atoms in total. The van der Waals surface area contributed by atoms with Gasteiger partial charge in [-0.15, -0.1) is 11.3 Å². The first-order valence-electron chi connectivity index (χ1n) is 5.52. The lowest BCUT2D eigenvalue weighted by Gasteiger charge is -2.04. The molecule has 86 valence electrons. The third kappa shape index (κ3) is 2.78. The Kier molecular flexibility index (Phi) is 3.88. The number of nitrogens with two attached hydrogens (primary N) is 1. The molecule has 0 radical (unpaired) electrons. The molecule has 0 amide bonds. The molecule has 0 spiro atoms. The van der Waals surface area contributed by atoms with E-state index in [1.54, 1.807) is 11.3 Å². The van der Waals surface area contributed by atoms with Gasteiger partial charge in [0.25, 0.3) is 0 Å². The molecule has 1 atom stereocenters. The van der Waals surface area contributed by atoms with Gasteiger partial charge in [-0.3, -0.25) is 0 Å². The molecule has 1 aromatic carbocycles. The second-order valence-corrected chi connectivity index (χ2v) is 4.97. The molecule has 1 heterocycles. The Morgan fingerprint density at radius 1 is 1.38 bits per heavy atom. The highest BCUT2D eigenvalue weighted by molar-refractivity contribution is 7.18. The molecule has 0 fully saturated rings. The first-order chi connectivity index (χ1) is 7.79. The van der Waals surface area contributed by atoms with Crippen LogP contribution in [-0.4, -0.2) is 22.7 Å². The maximum absolute atomic E-state index is 9.33. The van der Waals surface area contributed by atoms with Crippen molar-refractivity contribution in [1.29, 1.82) is 0 Å². The van der Waals surface area contributed by atoms with Crippen LogP contribution in [0.25, 0.3) is 10.2 Å². The Morgan fingerprint density at radius 2 is 2.19 bits per heavy atom. The second-order valence-electron chi connectivity index (χ2n) is 3.86. The van der Waals surface area contributed by atoms with Gasteiger partial charge in [0.05, 0.1) is 21.3 Å². The van der Waals surface area contributed by atoms with E-state index in [0.717, 1.165) is 29.8 Å². The quantitative estimate of drug-likeness (QED) is 0.834. The normalized spacial score (nSPS) is 13.1. The van der Waals surface area contributed by atoms with Gasteiger partial charge in [-0.2, -0.15) is 0 Å². The summed E-state index contributed by atoms with van der Waals surface area (Å²) in [6.07, 6.45) is 2.26. The van der Waals surface area contributed by atoms with Crippen LogP contribution in [0.1, 0.15) is 17.8 Å². The van der Waals surface area contributed by atoms with Crippen LogP contribution in [0.2, 0.25) is 0 Å². The summed E-state index contributed by atoms with van der Waals surface area (Å²) in [7, 11) is 0. The van der Waals surface area contributed by atoms with Gasteiger partial charge in [-0.05, 0) is 31.4 Å². The number of aliphatic hydroxyl groups excluding tert-OH is 1. The Balaban J connectivity index is 1.94. The lowest BCUT2D eigenvalue weighted by molar-refractivity contribution is 0.170. The number of aliphatic hydroxyl groups is 1. The number of rotatable bonds is 5. The fourth-order valence-corrected chi connectivity index (χ4v) is 2.64. The molecule has 0 aliphatic heterocycles. The average molecular weight is 236 g/mol. The van der Waals surface area contributed by atoms with Crippen molar-refractivity contribution >= 4 is 21.6 Å². The molecule has 0 saturated carbocycles. The number of hydrogen-bond donors (Lipinski definition) is 2. The Bertz CT molecular complexity index is 422. The minimum Gasteiger partial charge on any atom is -0.392 e. The number of fused-ring (bicyclic) bond motifs is 1. The van der Waals surface area contributed by atoms with Crippen LogP contribution >= 0.6 is 11.3 Å². The Labute approximate surface area is 98.9 Å². The fourth-order valence-electron chi connectivity index (χ4n) is 1.63. The predicted molar refractivity (Wildman–Crippen MR) is 67.6 cm³/mol. The van der Waals surface area contributed by atoms with Gasteiger partial charge in [0, 0.05) is 6.54 Å². The lowest BCUT2D eigenvalue weighted by atomic mass is 10.1. The van der Waals surface area contributed by atoms with Crippen molar-refractivity contribution in [2.45, 2.75) is 25.4 Å². The number of aryl methyl sites for hydroxylation is 1. The van der Waals surface area contributed by atoms with E-state index in [2.05, 4.69) is 11.1 Å². The molecular weight excluding hydrogens is 220 g/mol. The van der Waals surface area contributed by atoms with Gasteiger partial charge in [-0.25, -0.2) is 4.98 Å². The molecule has 1 unspecified atom stereocenters. The van der Waals surface area contributed by atoms with Gasteiger partial charge in [0.2, 0.25) is 0 Å². The van der Waals surface area contributed by atoms with Crippen molar-refractivity contribution in [3.05, 3.63) is 29.3 Å². The van der Waals surface area contributed by atoms with E-state index in [0.29, 0.717) is 6.54 Å². The van der Waals surface area contributed by atoms with Crippen molar-refractivity contribution in [3.63, 3.8) is 0 Å². The zero-order valence-electron chi connectivity index (χ0n) is 9.10. The summed E-state index contributed by atoms with van der Waals surface area (Å²) in [5.41, 5.74) is 6.42. The number of aromatic nitrogens is 1. The zero-order valence-corrected chi connectivity index (χ0v) is 9.91. The SMILES string of the molecule is NCC(O)CCCc1nc2ccccc2s1. The van der Waals surface area contributed by atoms with Crippen molar-refractivity contribution in [1.82, 2.24) is 4.98 Å². The van der Waals surface area contributed by atoms with Crippen LogP contribution in [0.15, 0.2) is 24.3 Å². The molecule has 4 heteroatoms. The summed E-state index contributed by atoms with van der Waals surface area (Å²) in [5.74, 6) is 0.